The van der Waals surface area contributed by atoms with E-state index in [2.05, 4.69) is 38.5 Å². The SMILES string of the molecule is C[C@@H](NCc1cn2ccsc2n1)c1cc2c(cc1Br)NC(=O)CO2. The second-order valence-electron chi connectivity index (χ2n) is 5.63. The maximum atomic E-state index is 11.4. The van der Waals surface area contributed by atoms with Crippen LogP contribution in [0, 0.1) is 0 Å². The standard InChI is InChI=1S/C16H15BrN4O2S/c1-9(18-6-10-7-21-2-3-24-16(21)19-10)11-4-14-13(5-12(11)17)20-15(22)8-23-14/h2-5,7,9,18H,6,8H2,1H3,(H,20,22)/t9-/m1/s1. The van der Waals surface area contributed by atoms with Crippen LogP contribution < -0.4 is 15.4 Å². The number of nitrogens with zero attached hydrogens (tertiary/aromatic N) is 2. The average molecular weight is 407 g/mol. The molecule has 6 nitrogen and oxygen atoms in total. The highest BCUT2D eigenvalue weighted by Gasteiger charge is 2.20. The van der Waals surface area contributed by atoms with Crippen LogP contribution in [0.2, 0.25) is 0 Å². The lowest BCUT2D eigenvalue weighted by Crippen LogP contribution is -2.26. The third-order valence-corrected chi connectivity index (χ3v) is 5.39. The van der Waals surface area contributed by atoms with Crippen LogP contribution in [-0.4, -0.2) is 21.9 Å². The molecular weight excluding hydrogens is 392 g/mol. The summed E-state index contributed by atoms with van der Waals surface area (Å²) in [5, 5.41) is 8.31. The lowest BCUT2D eigenvalue weighted by molar-refractivity contribution is -0.118. The number of imidazole rings is 1. The zero-order valence-electron chi connectivity index (χ0n) is 12.9. The Morgan fingerprint density at radius 3 is 3.25 bits per heavy atom. The maximum absolute atomic E-state index is 11.4. The molecule has 0 fully saturated rings. The van der Waals surface area contributed by atoms with Crippen molar-refractivity contribution in [2.45, 2.75) is 19.5 Å². The van der Waals surface area contributed by atoms with Gasteiger partial charge >= 0.3 is 0 Å². The van der Waals surface area contributed by atoms with E-state index in [1.54, 1.807) is 11.3 Å². The van der Waals surface area contributed by atoms with Gasteiger partial charge in [0.1, 0.15) is 5.75 Å². The molecule has 0 unspecified atom stereocenters. The maximum Gasteiger partial charge on any atom is 0.262 e. The molecule has 3 heterocycles. The third kappa shape index (κ3) is 2.92. The van der Waals surface area contributed by atoms with E-state index in [0.29, 0.717) is 18.0 Å². The van der Waals surface area contributed by atoms with Gasteiger partial charge in [0.15, 0.2) is 11.6 Å². The van der Waals surface area contributed by atoms with Crippen molar-refractivity contribution in [1.29, 1.82) is 0 Å². The molecule has 0 saturated heterocycles. The van der Waals surface area contributed by atoms with E-state index in [1.807, 2.05) is 34.3 Å². The second kappa shape index (κ2) is 6.19. The summed E-state index contributed by atoms with van der Waals surface area (Å²) < 4.78 is 8.45. The quantitative estimate of drug-likeness (QED) is 0.696. The molecule has 2 aromatic heterocycles. The number of amides is 1. The molecule has 1 aliphatic rings. The van der Waals surface area contributed by atoms with Gasteiger partial charge in [-0.15, -0.1) is 11.3 Å². The molecule has 1 atom stereocenters. The summed E-state index contributed by atoms with van der Waals surface area (Å²) in [7, 11) is 0. The molecule has 3 aromatic rings. The average Bonchev–Trinajstić information content (AvgIpc) is 3.13. The Labute approximate surface area is 151 Å². The van der Waals surface area contributed by atoms with Crippen molar-refractivity contribution < 1.29 is 9.53 Å². The van der Waals surface area contributed by atoms with E-state index in [4.69, 9.17) is 4.74 Å². The monoisotopic (exact) mass is 406 g/mol. The lowest BCUT2D eigenvalue weighted by Gasteiger charge is -2.22. The number of ether oxygens (including phenoxy) is 1. The van der Waals surface area contributed by atoms with Crippen LogP contribution in [0.25, 0.3) is 4.96 Å². The van der Waals surface area contributed by atoms with Gasteiger partial charge in [-0.1, -0.05) is 15.9 Å². The summed E-state index contributed by atoms with van der Waals surface area (Å²) in [6.45, 7) is 2.82. The Kier molecular flexibility index (Phi) is 4.03. The highest BCUT2D eigenvalue weighted by molar-refractivity contribution is 9.10. The van der Waals surface area contributed by atoms with Crippen molar-refractivity contribution in [2.75, 3.05) is 11.9 Å². The number of fused-ring (bicyclic) bond motifs is 2. The molecule has 0 radical (unpaired) electrons. The first-order chi connectivity index (χ1) is 11.6. The number of thiazole rings is 1. The molecule has 8 heteroatoms. The summed E-state index contributed by atoms with van der Waals surface area (Å²) >= 11 is 5.20. The van der Waals surface area contributed by atoms with Gasteiger partial charge < -0.3 is 15.4 Å². The minimum atomic E-state index is -0.131. The first-order valence-electron chi connectivity index (χ1n) is 7.51. The van der Waals surface area contributed by atoms with E-state index >= 15 is 0 Å². The number of halogens is 1. The number of hydrogen-bond acceptors (Lipinski definition) is 5. The highest BCUT2D eigenvalue weighted by atomic mass is 79.9. The largest absolute Gasteiger partial charge is 0.482 e. The van der Waals surface area contributed by atoms with Crippen LogP contribution in [0.15, 0.2) is 34.4 Å². The molecule has 0 saturated carbocycles. The third-order valence-electron chi connectivity index (χ3n) is 3.93. The molecule has 4 rings (SSSR count). The molecule has 0 bridgehead atoms. The van der Waals surface area contributed by atoms with Crippen molar-refractivity contribution >= 4 is 43.8 Å². The van der Waals surface area contributed by atoms with Crippen molar-refractivity contribution in [3.05, 3.63) is 45.6 Å². The molecule has 0 spiro atoms. The first-order valence-corrected chi connectivity index (χ1v) is 9.18. The highest BCUT2D eigenvalue weighted by Crippen LogP contribution is 2.36. The van der Waals surface area contributed by atoms with Crippen molar-refractivity contribution in [3.8, 4) is 5.75 Å². The van der Waals surface area contributed by atoms with Gasteiger partial charge in [-0.25, -0.2) is 4.98 Å². The lowest BCUT2D eigenvalue weighted by atomic mass is 10.1. The van der Waals surface area contributed by atoms with Crippen LogP contribution in [0.5, 0.6) is 5.75 Å². The fourth-order valence-corrected chi connectivity index (χ4v) is 4.08. The van der Waals surface area contributed by atoms with Crippen molar-refractivity contribution in [3.63, 3.8) is 0 Å². The van der Waals surface area contributed by atoms with Gasteiger partial charge in [0, 0.05) is 34.8 Å². The minimum Gasteiger partial charge on any atom is -0.482 e. The molecule has 2 N–H and O–H groups in total. The van der Waals surface area contributed by atoms with E-state index in [9.17, 15) is 4.79 Å². The molecule has 24 heavy (non-hydrogen) atoms. The van der Waals surface area contributed by atoms with Gasteiger partial charge in [-0.2, -0.15) is 0 Å². The van der Waals surface area contributed by atoms with E-state index in [-0.39, 0.29) is 18.6 Å². The summed E-state index contributed by atoms with van der Waals surface area (Å²) in [4.78, 5) is 17.0. The smallest absolute Gasteiger partial charge is 0.262 e. The number of benzene rings is 1. The predicted octanol–water partition coefficient (Wildman–Crippen LogP) is 3.34. The molecule has 1 amide bonds. The van der Waals surface area contributed by atoms with E-state index in [0.717, 1.165) is 20.7 Å². The Morgan fingerprint density at radius 2 is 2.42 bits per heavy atom. The predicted molar refractivity (Wildman–Crippen MR) is 96.6 cm³/mol. The summed E-state index contributed by atoms with van der Waals surface area (Å²) in [5.41, 5.74) is 2.78. The normalized spacial score (nSPS) is 15.0. The van der Waals surface area contributed by atoms with Gasteiger partial charge in [-0.05, 0) is 24.6 Å². The summed E-state index contributed by atoms with van der Waals surface area (Å²) in [6.07, 6.45) is 4.04. The molecule has 124 valence electrons. The van der Waals surface area contributed by atoms with Crippen molar-refractivity contribution in [1.82, 2.24) is 14.7 Å². The molecule has 1 aromatic carbocycles. The number of carbonyl (C=O) groups is 1. The number of rotatable bonds is 4. The number of nitrogens with one attached hydrogen (secondary N) is 2. The Balaban J connectivity index is 1.50. The van der Waals surface area contributed by atoms with E-state index < -0.39 is 0 Å². The van der Waals surface area contributed by atoms with Crippen LogP contribution in [0.3, 0.4) is 0 Å². The van der Waals surface area contributed by atoms with Crippen LogP contribution in [-0.2, 0) is 11.3 Å². The van der Waals surface area contributed by atoms with Gasteiger partial charge in [-0.3, -0.25) is 9.20 Å². The fourth-order valence-electron chi connectivity index (χ4n) is 2.68. The fraction of sp³-hybridized carbons (Fsp3) is 0.250. The minimum absolute atomic E-state index is 0.0568. The Hall–Kier alpha value is -1.90. The zero-order valence-corrected chi connectivity index (χ0v) is 15.3. The topological polar surface area (TPSA) is 67.7 Å². The van der Waals surface area contributed by atoms with Gasteiger partial charge in [0.2, 0.25) is 0 Å². The van der Waals surface area contributed by atoms with Crippen LogP contribution >= 0.6 is 27.3 Å². The molecular formula is C16H15BrN4O2S. The van der Waals surface area contributed by atoms with Crippen LogP contribution in [0.4, 0.5) is 5.69 Å². The Bertz CT molecular complexity index is 892. The summed E-state index contributed by atoms with van der Waals surface area (Å²) in [6, 6.07) is 3.94. The number of hydrogen-bond donors (Lipinski definition) is 2. The van der Waals surface area contributed by atoms with Crippen LogP contribution in [0.1, 0.15) is 24.2 Å². The van der Waals surface area contributed by atoms with Gasteiger partial charge in [0.25, 0.3) is 5.91 Å². The number of anilines is 1. The number of aromatic nitrogens is 2. The van der Waals surface area contributed by atoms with Crippen molar-refractivity contribution in [2.24, 2.45) is 0 Å². The zero-order chi connectivity index (χ0) is 16.7. The summed E-state index contributed by atoms with van der Waals surface area (Å²) in [5.74, 6) is 0.567. The second-order valence-corrected chi connectivity index (χ2v) is 7.36. The first kappa shape index (κ1) is 15.6. The number of carbonyl (C=O) groups excluding carboxylic acids is 1. The molecule has 1 aliphatic heterocycles. The molecule has 0 aliphatic carbocycles. The Morgan fingerprint density at radius 1 is 1.54 bits per heavy atom. The van der Waals surface area contributed by atoms with Gasteiger partial charge in [0.05, 0.1) is 11.4 Å². The van der Waals surface area contributed by atoms with E-state index in [1.165, 1.54) is 0 Å².